The van der Waals surface area contributed by atoms with Gasteiger partial charge >= 0.3 is 6.09 Å². The van der Waals surface area contributed by atoms with Crippen molar-refractivity contribution in [2.75, 3.05) is 11.9 Å². The van der Waals surface area contributed by atoms with E-state index in [0.29, 0.717) is 36.6 Å². The molecule has 1 unspecified atom stereocenters. The number of ether oxygens (including phenoxy) is 1. The molecule has 10 heteroatoms. The number of aryl methyl sites for hydroxylation is 1. The van der Waals surface area contributed by atoms with Crippen LogP contribution in [0.2, 0.25) is 0 Å². The first kappa shape index (κ1) is 22.8. The monoisotopic (exact) mass is 482 g/mol. The van der Waals surface area contributed by atoms with Crippen molar-refractivity contribution in [3.8, 4) is 6.07 Å². The third-order valence-electron chi connectivity index (χ3n) is 5.38. The Hall–Kier alpha value is -3.42. The van der Waals surface area contributed by atoms with Gasteiger partial charge in [-0.3, -0.25) is 4.79 Å². The maximum absolute atomic E-state index is 12.3. The number of aromatic nitrogens is 1. The van der Waals surface area contributed by atoms with Gasteiger partial charge in [-0.05, 0) is 55.2 Å². The Morgan fingerprint density at radius 1 is 1.45 bits per heavy atom. The number of nitrogens with zero attached hydrogens (tertiary/aromatic N) is 2. The molecular weight excluding hydrogens is 460 g/mol. The third kappa shape index (κ3) is 5.69. The number of alkyl carbamates (subject to hydrolysis) is 1. The standard InChI is InChI=1S/C23H22N4O4S2/c1-14-16(13-31-27-14)11-25-23(29)30-12-15-4-6-18-19(10-24)22(33-20(18)9-15)26-21(28)7-5-17-3-2-8-32-17/h2-3,5,7-8,13,15H,4,6,9,11-12H2,1H3,(H,25,29)(H,26,28). The van der Waals surface area contributed by atoms with Crippen LogP contribution >= 0.6 is 22.7 Å². The van der Waals surface area contributed by atoms with E-state index in [1.165, 1.54) is 23.7 Å². The number of hydrogen-bond acceptors (Lipinski definition) is 8. The molecular formula is C23H22N4O4S2. The number of nitrogens with one attached hydrogen (secondary N) is 2. The highest BCUT2D eigenvalue weighted by atomic mass is 32.1. The van der Waals surface area contributed by atoms with Crippen LogP contribution in [0, 0.1) is 24.2 Å². The molecule has 2 amide bonds. The zero-order valence-electron chi connectivity index (χ0n) is 17.9. The van der Waals surface area contributed by atoms with Crippen LogP contribution in [0.4, 0.5) is 9.80 Å². The van der Waals surface area contributed by atoms with Crippen LogP contribution < -0.4 is 10.6 Å². The minimum atomic E-state index is -0.490. The molecule has 3 heterocycles. The maximum atomic E-state index is 12.3. The number of anilines is 1. The van der Waals surface area contributed by atoms with Gasteiger partial charge < -0.3 is 19.9 Å². The van der Waals surface area contributed by atoms with Gasteiger partial charge in [-0.25, -0.2) is 4.79 Å². The van der Waals surface area contributed by atoms with Gasteiger partial charge in [0.15, 0.2) is 0 Å². The fourth-order valence-corrected chi connectivity index (χ4v) is 5.53. The van der Waals surface area contributed by atoms with Crippen molar-refractivity contribution in [1.82, 2.24) is 10.5 Å². The Bertz CT molecular complexity index is 1200. The predicted molar refractivity (Wildman–Crippen MR) is 126 cm³/mol. The van der Waals surface area contributed by atoms with Crippen molar-refractivity contribution in [2.45, 2.75) is 32.7 Å². The molecule has 1 aliphatic carbocycles. The van der Waals surface area contributed by atoms with E-state index in [1.807, 2.05) is 17.5 Å². The van der Waals surface area contributed by atoms with Gasteiger partial charge in [0.2, 0.25) is 5.91 Å². The molecule has 3 aromatic rings. The first-order valence-electron chi connectivity index (χ1n) is 10.4. The lowest BCUT2D eigenvalue weighted by Crippen LogP contribution is -2.27. The number of thiophene rings is 2. The highest BCUT2D eigenvalue weighted by Crippen LogP contribution is 2.39. The van der Waals surface area contributed by atoms with E-state index in [0.717, 1.165) is 33.0 Å². The molecule has 33 heavy (non-hydrogen) atoms. The summed E-state index contributed by atoms with van der Waals surface area (Å²) in [6.45, 7) is 2.39. The van der Waals surface area contributed by atoms with Gasteiger partial charge in [0, 0.05) is 21.4 Å². The molecule has 0 bridgehead atoms. The first-order chi connectivity index (χ1) is 16.0. The molecule has 3 aromatic heterocycles. The number of hydrogen-bond donors (Lipinski definition) is 2. The average molecular weight is 483 g/mol. The van der Waals surface area contributed by atoms with E-state index in [9.17, 15) is 14.9 Å². The zero-order valence-corrected chi connectivity index (χ0v) is 19.6. The Balaban J connectivity index is 1.31. The largest absolute Gasteiger partial charge is 0.449 e. The summed E-state index contributed by atoms with van der Waals surface area (Å²) in [6.07, 6.45) is 6.46. The van der Waals surface area contributed by atoms with E-state index in [4.69, 9.17) is 9.26 Å². The number of fused-ring (bicyclic) bond motifs is 1. The summed E-state index contributed by atoms with van der Waals surface area (Å²) >= 11 is 2.97. The van der Waals surface area contributed by atoms with Crippen LogP contribution in [0.25, 0.3) is 6.08 Å². The summed E-state index contributed by atoms with van der Waals surface area (Å²) in [5.41, 5.74) is 3.06. The number of nitriles is 1. The third-order valence-corrected chi connectivity index (χ3v) is 7.39. The molecule has 2 N–H and O–H groups in total. The molecule has 0 spiro atoms. The van der Waals surface area contributed by atoms with Crippen LogP contribution in [-0.2, 0) is 28.9 Å². The Labute approximate surface area is 198 Å². The molecule has 1 aliphatic rings. The van der Waals surface area contributed by atoms with Crippen molar-refractivity contribution in [1.29, 1.82) is 5.26 Å². The molecule has 0 radical (unpaired) electrons. The molecule has 1 atom stereocenters. The van der Waals surface area contributed by atoms with Gasteiger partial charge in [0.1, 0.15) is 17.3 Å². The fraction of sp³-hybridized carbons (Fsp3) is 0.304. The SMILES string of the molecule is Cc1nocc1CNC(=O)OCC1CCc2c(sc(NC(=O)C=Cc3cccs3)c2C#N)C1. The minimum absolute atomic E-state index is 0.160. The average Bonchev–Trinajstić information content (AvgIpc) is 3.54. The lowest BCUT2D eigenvalue weighted by molar-refractivity contribution is -0.111. The second-order valence-electron chi connectivity index (χ2n) is 7.64. The van der Waals surface area contributed by atoms with Gasteiger partial charge in [-0.1, -0.05) is 11.2 Å². The van der Waals surface area contributed by atoms with Gasteiger partial charge in [-0.2, -0.15) is 5.26 Å². The summed E-state index contributed by atoms with van der Waals surface area (Å²) in [7, 11) is 0. The van der Waals surface area contributed by atoms with Crippen molar-refractivity contribution in [2.24, 2.45) is 5.92 Å². The van der Waals surface area contributed by atoms with Crippen molar-refractivity contribution in [3.05, 3.63) is 62.0 Å². The number of carbonyl (C=O) groups excluding carboxylic acids is 2. The number of carbonyl (C=O) groups is 2. The van der Waals surface area contributed by atoms with E-state index in [1.54, 1.807) is 24.3 Å². The van der Waals surface area contributed by atoms with E-state index in [2.05, 4.69) is 21.9 Å². The topological polar surface area (TPSA) is 117 Å². The minimum Gasteiger partial charge on any atom is -0.449 e. The van der Waals surface area contributed by atoms with Gasteiger partial charge in [-0.15, -0.1) is 22.7 Å². The molecule has 4 rings (SSSR count). The molecule has 170 valence electrons. The summed E-state index contributed by atoms with van der Waals surface area (Å²) in [6, 6.07) is 6.09. The fourth-order valence-electron chi connectivity index (χ4n) is 3.59. The number of rotatable bonds is 7. The Kier molecular flexibility index (Phi) is 7.22. The van der Waals surface area contributed by atoms with Crippen molar-refractivity contribution < 1.29 is 18.8 Å². The van der Waals surface area contributed by atoms with Gasteiger partial charge in [0.25, 0.3) is 0 Å². The lowest BCUT2D eigenvalue weighted by Gasteiger charge is -2.21. The second-order valence-corrected chi connectivity index (χ2v) is 9.73. The van der Waals surface area contributed by atoms with Crippen LogP contribution in [0.5, 0.6) is 0 Å². The van der Waals surface area contributed by atoms with Crippen LogP contribution in [0.1, 0.15) is 38.6 Å². The molecule has 0 aromatic carbocycles. The quantitative estimate of drug-likeness (QED) is 0.473. The van der Waals surface area contributed by atoms with Crippen molar-refractivity contribution in [3.63, 3.8) is 0 Å². The molecule has 8 nitrogen and oxygen atoms in total. The van der Waals surface area contributed by atoms with E-state index >= 15 is 0 Å². The number of amides is 2. The molecule has 0 saturated heterocycles. The Morgan fingerprint density at radius 2 is 2.33 bits per heavy atom. The zero-order chi connectivity index (χ0) is 23.2. The maximum Gasteiger partial charge on any atom is 0.407 e. The highest BCUT2D eigenvalue weighted by molar-refractivity contribution is 7.16. The molecule has 0 saturated carbocycles. The summed E-state index contributed by atoms with van der Waals surface area (Å²) in [4.78, 5) is 26.4. The summed E-state index contributed by atoms with van der Waals surface area (Å²) in [5, 5.41) is 21.5. The lowest BCUT2D eigenvalue weighted by atomic mass is 9.88. The van der Waals surface area contributed by atoms with Crippen molar-refractivity contribution >= 4 is 45.8 Å². The predicted octanol–water partition coefficient (Wildman–Crippen LogP) is 4.66. The second kappa shape index (κ2) is 10.5. The van der Waals surface area contributed by atoms with E-state index < -0.39 is 6.09 Å². The molecule has 0 aliphatic heterocycles. The molecule has 0 fully saturated rings. The first-order valence-corrected chi connectivity index (χ1v) is 12.1. The highest BCUT2D eigenvalue weighted by Gasteiger charge is 2.27. The van der Waals surface area contributed by atoms with E-state index in [-0.39, 0.29) is 11.8 Å². The van der Waals surface area contributed by atoms with Crippen LogP contribution in [0.15, 0.2) is 34.4 Å². The normalized spacial score (nSPS) is 15.1. The summed E-state index contributed by atoms with van der Waals surface area (Å²) in [5.74, 6) is -0.105. The smallest absolute Gasteiger partial charge is 0.407 e. The summed E-state index contributed by atoms with van der Waals surface area (Å²) < 4.78 is 10.2. The van der Waals surface area contributed by atoms with Crippen LogP contribution in [0.3, 0.4) is 0 Å². The van der Waals surface area contributed by atoms with Crippen LogP contribution in [-0.4, -0.2) is 23.8 Å². The van der Waals surface area contributed by atoms with Gasteiger partial charge in [0.05, 0.1) is 24.4 Å². The Morgan fingerprint density at radius 3 is 3.06 bits per heavy atom.